The predicted octanol–water partition coefficient (Wildman–Crippen LogP) is 1.42. The molecule has 1 saturated carbocycles. The Morgan fingerprint density at radius 1 is 1.40 bits per heavy atom. The minimum absolute atomic E-state index is 0.0612. The molecule has 2 aromatic rings. The molecular formula is C18H26N6O. The van der Waals surface area contributed by atoms with Gasteiger partial charge in [-0.05, 0) is 50.8 Å². The van der Waals surface area contributed by atoms with Gasteiger partial charge in [-0.3, -0.25) is 9.48 Å². The molecule has 1 aliphatic heterocycles. The summed E-state index contributed by atoms with van der Waals surface area (Å²) in [6.07, 6.45) is 8.88. The molecule has 134 valence electrons. The minimum atomic E-state index is 0.0612. The average Bonchev–Trinajstić information content (AvgIpc) is 2.99. The number of carbonyl (C=O) groups is 1. The number of hydrogen-bond acceptors (Lipinski definition) is 4. The zero-order valence-corrected chi connectivity index (χ0v) is 15.0. The van der Waals surface area contributed by atoms with E-state index >= 15 is 0 Å². The summed E-state index contributed by atoms with van der Waals surface area (Å²) in [6, 6.07) is 2.11. The Labute approximate surface area is 148 Å². The first-order chi connectivity index (χ1) is 12.1. The van der Waals surface area contributed by atoms with E-state index in [4.69, 9.17) is 0 Å². The Bertz CT molecular complexity index is 757. The van der Waals surface area contributed by atoms with Gasteiger partial charge in [0.05, 0.1) is 6.54 Å². The molecule has 7 heteroatoms. The number of imidazole rings is 1. The Balaban J connectivity index is 1.62. The highest BCUT2D eigenvalue weighted by atomic mass is 16.2. The molecule has 0 aromatic carbocycles. The number of piperidine rings is 1. The van der Waals surface area contributed by atoms with Crippen molar-refractivity contribution >= 4 is 5.91 Å². The van der Waals surface area contributed by atoms with Crippen LogP contribution in [-0.4, -0.2) is 49.3 Å². The van der Waals surface area contributed by atoms with Crippen LogP contribution in [0.2, 0.25) is 0 Å². The Kier molecular flexibility index (Phi) is 4.11. The van der Waals surface area contributed by atoms with E-state index in [1.54, 1.807) is 16.9 Å². The lowest BCUT2D eigenvalue weighted by Gasteiger charge is -2.29. The lowest BCUT2D eigenvalue weighted by Crippen LogP contribution is -2.40. The Hall–Kier alpha value is -2.15. The summed E-state index contributed by atoms with van der Waals surface area (Å²) >= 11 is 0. The summed E-state index contributed by atoms with van der Waals surface area (Å²) in [5, 5.41) is 7.61. The first-order valence-corrected chi connectivity index (χ1v) is 9.14. The van der Waals surface area contributed by atoms with Crippen molar-refractivity contribution < 1.29 is 4.79 Å². The van der Waals surface area contributed by atoms with Crippen LogP contribution in [0.3, 0.4) is 0 Å². The standard InChI is InChI=1S/C18H26N6O/c1-3-23-11-10-20-16(23)13-24(17(25)14-4-7-21-22(14)2)15-12-18(15)5-8-19-9-6-18/h4,7,10-11,15,19H,3,5-6,8-9,12-13H2,1-2H3/t15-/m1/s1. The molecule has 0 bridgehead atoms. The number of hydrogen-bond donors (Lipinski definition) is 1. The van der Waals surface area contributed by atoms with Crippen LogP contribution in [0.5, 0.6) is 0 Å². The molecule has 1 atom stereocenters. The third kappa shape index (κ3) is 2.86. The molecule has 1 amide bonds. The molecule has 0 radical (unpaired) electrons. The SMILES string of the molecule is CCn1ccnc1CN(C(=O)c1ccnn1C)[C@@H]1CC12CCNCC2. The molecule has 7 nitrogen and oxygen atoms in total. The van der Waals surface area contributed by atoms with Gasteiger partial charge in [-0.15, -0.1) is 0 Å². The second kappa shape index (κ2) is 6.29. The highest BCUT2D eigenvalue weighted by molar-refractivity contribution is 5.93. The number of nitrogens with one attached hydrogen (secondary N) is 1. The van der Waals surface area contributed by atoms with Crippen LogP contribution in [0.25, 0.3) is 0 Å². The maximum atomic E-state index is 13.3. The third-order valence-corrected chi connectivity index (χ3v) is 5.88. The third-order valence-electron chi connectivity index (χ3n) is 5.88. The van der Waals surface area contributed by atoms with Crippen LogP contribution in [-0.2, 0) is 20.1 Å². The van der Waals surface area contributed by atoms with Crippen molar-refractivity contribution in [2.45, 2.75) is 45.3 Å². The number of amides is 1. The van der Waals surface area contributed by atoms with Gasteiger partial charge in [0.15, 0.2) is 0 Å². The van der Waals surface area contributed by atoms with Gasteiger partial charge in [0, 0.05) is 38.2 Å². The lowest BCUT2D eigenvalue weighted by molar-refractivity contribution is 0.0673. The van der Waals surface area contributed by atoms with E-state index in [1.807, 2.05) is 24.3 Å². The van der Waals surface area contributed by atoms with Crippen LogP contribution < -0.4 is 5.32 Å². The molecule has 2 aliphatic rings. The normalized spacial score (nSPS) is 21.4. The number of nitrogens with zero attached hydrogens (tertiary/aromatic N) is 5. The van der Waals surface area contributed by atoms with Gasteiger partial charge < -0.3 is 14.8 Å². The topological polar surface area (TPSA) is 68.0 Å². The van der Waals surface area contributed by atoms with E-state index < -0.39 is 0 Å². The van der Waals surface area contributed by atoms with E-state index in [0.29, 0.717) is 23.7 Å². The smallest absolute Gasteiger partial charge is 0.272 e. The van der Waals surface area contributed by atoms with E-state index in [1.165, 1.54) is 0 Å². The van der Waals surface area contributed by atoms with Crippen molar-refractivity contribution in [3.8, 4) is 0 Å². The molecule has 1 spiro atoms. The fraction of sp³-hybridized carbons (Fsp3) is 0.611. The fourth-order valence-corrected chi connectivity index (χ4v) is 4.22. The molecular weight excluding hydrogens is 316 g/mol. The summed E-state index contributed by atoms with van der Waals surface area (Å²) in [5.74, 6) is 1.01. The van der Waals surface area contributed by atoms with Crippen LogP contribution in [0, 0.1) is 5.41 Å². The first kappa shape index (κ1) is 16.3. The van der Waals surface area contributed by atoms with Crippen molar-refractivity contribution in [1.82, 2.24) is 29.5 Å². The van der Waals surface area contributed by atoms with Gasteiger partial charge in [-0.25, -0.2) is 4.98 Å². The van der Waals surface area contributed by atoms with E-state index in [2.05, 4.69) is 26.9 Å². The first-order valence-electron chi connectivity index (χ1n) is 9.14. The van der Waals surface area contributed by atoms with Crippen LogP contribution in [0.15, 0.2) is 24.7 Å². The molecule has 1 saturated heterocycles. The largest absolute Gasteiger partial charge is 0.334 e. The maximum Gasteiger partial charge on any atom is 0.272 e. The summed E-state index contributed by atoms with van der Waals surface area (Å²) in [5.41, 5.74) is 0.939. The summed E-state index contributed by atoms with van der Waals surface area (Å²) in [7, 11) is 1.82. The summed E-state index contributed by atoms with van der Waals surface area (Å²) < 4.78 is 3.78. The van der Waals surface area contributed by atoms with Gasteiger partial charge in [0.1, 0.15) is 11.5 Å². The molecule has 25 heavy (non-hydrogen) atoms. The van der Waals surface area contributed by atoms with Crippen LogP contribution in [0.1, 0.15) is 42.5 Å². The van der Waals surface area contributed by atoms with E-state index in [-0.39, 0.29) is 5.91 Å². The van der Waals surface area contributed by atoms with Crippen molar-refractivity contribution in [2.24, 2.45) is 12.5 Å². The maximum absolute atomic E-state index is 13.3. The second-order valence-corrected chi connectivity index (χ2v) is 7.23. The molecule has 2 fully saturated rings. The van der Waals surface area contributed by atoms with Crippen LogP contribution >= 0.6 is 0 Å². The number of rotatable bonds is 5. The number of carbonyl (C=O) groups excluding carboxylic acids is 1. The van der Waals surface area contributed by atoms with Gasteiger partial charge in [0.25, 0.3) is 5.91 Å². The van der Waals surface area contributed by atoms with Crippen LogP contribution in [0.4, 0.5) is 0 Å². The second-order valence-electron chi connectivity index (χ2n) is 7.23. The van der Waals surface area contributed by atoms with E-state index in [9.17, 15) is 4.79 Å². The monoisotopic (exact) mass is 342 g/mol. The van der Waals surface area contributed by atoms with Gasteiger partial charge in [-0.1, -0.05) is 0 Å². The predicted molar refractivity (Wildman–Crippen MR) is 93.9 cm³/mol. The molecule has 3 heterocycles. The fourth-order valence-electron chi connectivity index (χ4n) is 4.22. The Morgan fingerprint density at radius 3 is 2.88 bits per heavy atom. The van der Waals surface area contributed by atoms with Gasteiger partial charge >= 0.3 is 0 Å². The molecule has 2 aromatic heterocycles. The minimum Gasteiger partial charge on any atom is -0.334 e. The average molecular weight is 342 g/mol. The molecule has 0 unspecified atom stereocenters. The number of aromatic nitrogens is 4. The van der Waals surface area contributed by atoms with Crippen molar-refractivity contribution in [1.29, 1.82) is 0 Å². The molecule has 1 aliphatic carbocycles. The lowest BCUT2D eigenvalue weighted by atomic mass is 9.93. The van der Waals surface area contributed by atoms with Gasteiger partial charge in [-0.2, -0.15) is 5.10 Å². The molecule has 1 N–H and O–H groups in total. The van der Waals surface area contributed by atoms with E-state index in [0.717, 1.165) is 44.7 Å². The Morgan fingerprint density at radius 2 is 2.20 bits per heavy atom. The van der Waals surface area contributed by atoms with Crippen molar-refractivity contribution in [3.05, 3.63) is 36.2 Å². The zero-order chi connectivity index (χ0) is 17.4. The summed E-state index contributed by atoms with van der Waals surface area (Å²) in [4.78, 5) is 19.8. The highest BCUT2D eigenvalue weighted by Gasteiger charge is 2.58. The number of aryl methyl sites for hydroxylation is 2. The van der Waals surface area contributed by atoms with Gasteiger partial charge in [0.2, 0.25) is 0 Å². The molecule has 4 rings (SSSR count). The summed E-state index contributed by atoms with van der Waals surface area (Å²) in [6.45, 7) is 5.62. The van der Waals surface area contributed by atoms with Crippen molar-refractivity contribution in [2.75, 3.05) is 13.1 Å². The highest BCUT2D eigenvalue weighted by Crippen LogP contribution is 2.56. The zero-order valence-electron chi connectivity index (χ0n) is 15.0. The quantitative estimate of drug-likeness (QED) is 0.892. The van der Waals surface area contributed by atoms with Crippen molar-refractivity contribution in [3.63, 3.8) is 0 Å².